The molecule has 1 unspecified atom stereocenters. The first kappa shape index (κ1) is 23.5. The van der Waals surface area contributed by atoms with Gasteiger partial charge in [-0.05, 0) is 35.9 Å². The van der Waals surface area contributed by atoms with E-state index in [1.54, 1.807) is 0 Å². The van der Waals surface area contributed by atoms with Gasteiger partial charge in [-0.25, -0.2) is 9.69 Å². The highest BCUT2D eigenvalue weighted by molar-refractivity contribution is 6.23. The molecule has 2 aromatic rings. The molecular weight excluding hydrogens is 437 g/mol. The molecule has 3 amide bonds. The van der Waals surface area contributed by atoms with Crippen LogP contribution in [-0.2, 0) is 21.2 Å². The molecule has 0 saturated carbocycles. The van der Waals surface area contributed by atoms with Crippen LogP contribution in [0.3, 0.4) is 0 Å². The third kappa shape index (κ3) is 3.93. The molecule has 7 nitrogen and oxygen atoms in total. The van der Waals surface area contributed by atoms with E-state index in [1.807, 2.05) is 6.07 Å². The Bertz CT molecular complexity index is 1200. The Kier molecular flexibility index (Phi) is 6.25. The second-order valence-corrected chi connectivity index (χ2v) is 7.17. The molecule has 3 rings (SSSR count). The number of alkyl halides is 3. The van der Waals surface area contributed by atoms with Crippen molar-refractivity contribution in [3.05, 3.63) is 77.4 Å². The van der Waals surface area contributed by atoms with Crippen molar-refractivity contribution in [2.45, 2.75) is 11.7 Å². The molecule has 33 heavy (non-hydrogen) atoms. The number of urea groups is 1. The first-order chi connectivity index (χ1) is 15.6. The second-order valence-electron chi connectivity index (χ2n) is 7.17. The van der Waals surface area contributed by atoms with Crippen LogP contribution in [0.4, 0.5) is 23.7 Å². The van der Waals surface area contributed by atoms with Crippen LogP contribution >= 0.6 is 0 Å². The van der Waals surface area contributed by atoms with Crippen molar-refractivity contribution in [3.63, 3.8) is 0 Å². The molecule has 0 aromatic heterocycles. The van der Waals surface area contributed by atoms with Gasteiger partial charge in [-0.1, -0.05) is 18.2 Å². The van der Waals surface area contributed by atoms with E-state index in [4.69, 9.17) is 15.3 Å². The van der Waals surface area contributed by atoms with Gasteiger partial charge in [0.2, 0.25) is 0 Å². The lowest BCUT2D eigenvalue weighted by molar-refractivity contribution is -0.137. The molecule has 1 aliphatic rings. The molecule has 1 saturated heterocycles. The fraction of sp³-hybridized carbons (Fsp3) is 0.217. The maximum absolute atomic E-state index is 13.7. The summed E-state index contributed by atoms with van der Waals surface area (Å²) >= 11 is 0. The number of halogens is 3. The van der Waals surface area contributed by atoms with Crippen LogP contribution in [0, 0.1) is 22.7 Å². The van der Waals surface area contributed by atoms with Gasteiger partial charge in [0, 0.05) is 7.05 Å². The molecule has 1 fully saturated rings. The van der Waals surface area contributed by atoms with Gasteiger partial charge in [-0.2, -0.15) is 23.7 Å². The second kappa shape index (κ2) is 8.77. The number of likely N-dealkylation sites (N-methyl/N-ethyl adjacent to an activating group) is 1. The minimum atomic E-state index is -4.86. The highest BCUT2D eigenvalue weighted by Gasteiger charge is 2.58. The molecule has 0 spiro atoms. The van der Waals surface area contributed by atoms with Gasteiger partial charge >= 0.3 is 12.2 Å². The number of benzene rings is 2. The van der Waals surface area contributed by atoms with Crippen LogP contribution in [0.2, 0.25) is 0 Å². The maximum atomic E-state index is 13.7. The Morgan fingerprint density at radius 3 is 2.33 bits per heavy atom. The molecule has 0 radical (unpaired) electrons. The number of imide groups is 1. The van der Waals surface area contributed by atoms with Gasteiger partial charge in [-0.3, -0.25) is 4.79 Å². The first-order valence-electron chi connectivity index (χ1n) is 9.54. The number of rotatable bonds is 6. The summed E-state index contributed by atoms with van der Waals surface area (Å²) in [6.45, 7) is 3.29. The number of carbonyl (C=O) groups is 2. The molecular formula is C23H17F3N4O3. The van der Waals surface area contributed by atoms with Crippen molar-refractivity contribution in [3.8, 4) is 12.1 Å². The Hall–Kier alpha value is -4.15. The van der Waals surface area contributed by atoms with Crippen LogP contribution < -0.4 is 4.90 Å². The van der Waals surface area contributed by atoms with Crippen molar-refractivity contribution in [1.82, 2.24) is 4.90 Å². The molecule has 168 valence electrons. The molecule has 10 heteroatoms. The summed E-state index contributed by atoms with van der Waals surface area (Å²) in [6.07, 6.45) is -3.42. The smallest absolute Gasteiger partial charge is 0.374 e. The summed E-state index contributed by atoms with van der Waals surface area (Å²) in [7, 11) is 1.34. The minimum Gasteiger partial charge on any atom is -0.374 e. The summed E-state index contributed by atoms with van der Waals surface area (Å²) in [4.78, 5) is 28.5. The van der Waals surface area contributed by atoms with Crippen molar-refractivity contribution < 1.29 is 27.5 Å². The largest absolute Gasteiger partial charge is 0.417 e. The lowest BCUT2D eigenvalue weighted by atomic mass is 9.88. The van der Waals surface area contributed by atoms with Gasteiger partial charge in [0.15, 0.2) is 5.54 Å². The van der Waals surface area contributed by atoms with Crippen LogP contribution in [-0.4, -0.2) is 37.1 Å². The fourth-order valence-electron chi connectivity index (χ4n) is 3.63. The number of nitriles is 2. The van der Waals surface area contributed by atoms with E-state index in [0.717, 1.165) is 17.0 Å². The molecule has 1 atom stereocenters. The van der Waals surface area contributed by atoms with Crippen LogP contribution in [0.5, 0.6) is 0 Å². The van der Waals surface area contributed by atoms with Gasteiger partial charge < -0.3 is 9.64 Å². The highest BCUT2D eigenvalue weighted by atomic mass is 19.4. The van der Waals surface area contributed by atoms with Gasteiger partial charge in [0.05, 0.1) is 47.7 Å². The zero-order chi connectivity index (χ0) is 24.4. The summed E-state index contributed by atoms with van der Waals surface area (Å²) in [5, 5.41) is 18.1. The Morgan fingerprint density at radius 2 is 1.79 bits per heavy atom. The van der Waals surface area contributed by atoms with Gasteiger partial charge in [0.1, 0.15) is 0 Å². The average molecular weight is 454 g/mol. The van der Waals surface area contributed by atoms with Gasteiger partial charge in [0.25, 0.3) is 5.91 Å². The Balaban J connectivity index is 2.16. The zero-order valence-corrected chi connectivity index (χ0v) is 17.4. The topological polar surface area (TPSA) is 97.4 Å². The van der Waals surface area contributed by atoms with Gasteiger partial charge in [-0.15, -0.1) is 6.58 Å². The monoisotopic (exact) mass is 454 g/mol. The third-order valence-electron chi connectivity index (χ3n) is 5.33. The van der Waals surface area contributed by atoms with Crippen LogP contribution in [0.25, 0.3) is 0 Å². The number of amides is 3. The van der Waals surface area contributed by atoms with Crippen molar-refractivity contribution in [2.24, 2.45) is 0 Å². The van der Waals surface area contributed by atoms with Crippen LogP contribution in [0.15, 0.2) is 55.1 Å². The van der Waals surface area contributed by atoms with E-state index in [2.05, 4.69) is 6.58 Å². The Labute approximate surface area is 187 Å². The predicted molar refractivity (Wildman–Crippen MR) is 111 cm³/mol. The normalized spacial score (nSPS) is 18.2. The quantitative estimate of drug-likeness (QED) is 0.374. The van der Waals surface area contributed by atoms with Crippen molar-refractivity contribution in [2.75, 3.05) is 25.2 Å². The number of ether oxygens (including phenoxy) is 1. The summed E-state index contributed by atoms with van der Waals surface area (Å²) in [5.74, 6) is -0.832. The highest BCUT2D eigenvalue weighted by Crippen LogP contribution is 2.41. The van der Waals surface area contributed by atoms with Crippen LogP contribution in [0.1, 0.15) is 22.3 Å². The van der Waals surface area contributed by atoms with E-state index >= 15 is 0 Å². The Morgan fingerprint density at radius 1 is 1.12 bits per heavy atom. The molecule has 0 bridgehead atoms. The lowest BCUT2D eigenvalue weighted by Crippen LogP contribution is -2.49. The summed E-state index contributed by atoms with van der Waals surface area (Å²) in [5.41, 5.74) is -3.28. The predicted octanol–water partition coefficient (Wildman–Crippen LogP) is 3.95. The summed E-state index contributed by atoms with van der Waals surface area (Å²) in [6, 6.07) is 11.1. The fourth-order valence-corrected chi connectivity index (χ4v) is 3.63. The molecule has 0 aliphatic carbocycles. The molecule has 1 aliphatic heterocycles. The average Bonchev–Trinajstić information content (AvgIpc) is 2.99. The van der Waals surface area contributed by atoms with E-state index in [9.17, 15) is 22.8 Å². The van der Waals surface area contributed by atoms with E-state index in [1.165, 1.54) is 43.5 Å². The SMILES string of the molecule is C=CCOCC1(c2ccc(C#N)cc2)C(=O)N(c2ccc(C#N)c(C(F)(F)F)c2)C(=O)N1C. The summed E-state index contributed by atoms with van der Waals surface area (Å²) < 4.78 is 45.9. The number of carbonyl (C=O) groups excluding carboxylic acids is 2. The lowest BCUT2D eigenvalue weighted by Gasteiger charge is -2.32. The zero-order valence-electron chi connectivity index (χ0n) is 17.4. The molecule has 0 N–H and O–H groups in total. The number of hydrogen-bond donors (Lipinski definition) is 0. The van der Waals surface area contributed by atoms with E-state index in [-0.39, 0.29) is 18.9 Å². The van der Waals surface area contributed by atoms with E-state index in [0.29, 0.717) is 22.1 Å². The third-order valence-corrected chi connectivity index (χ3v) is 5.33. The number of hydrogen-bond acceptors (Lipinski definition) is 5. The van der Waals surface area contributed by atoms with E-state index < -0.39 is 34.8 Å². The number of anilines is 1. The maximum Gasteiger partial charge on any atom is 0.417 e. The standard InChI is InChI=1S/C23H17F3N4O3/c1-3-10-33-14-22(17-7-4-15(12-27)5-8-17)20(31)30(21(32)29(22)2)18-9-6-16(13-28)19(11-18)23(24,25)26/h3-9,11H,1,10,14H2,2H3. The molecule has 1 heterocycles. The minimum absolute atomic E-state index is 0.0580. The van der Waals surface area contributed by atoms with Crippen molar-refractivity contribution >= 4 is 17.6 Å². The number of nitrogens with zero attached hydrogens (tertiary/aromatic N) is 4. The first-order valence-corrected chi connectivity index (χ1v) is 9.54. The van der Waals surface area contributed by atoms with Crippen molar-refractivity contribution in [1.29, 1.82) is 10.5 Å². The molecule has 2 aromatic carbocycles.